The van der Waals surface area contributed by atoms with Gasteiger partial charge in [0.1, 0.15) is 24.7 Å². The van der Waals surface area contributed by atoms with Crippen LogP contribution < -0.4 is 10.1 Å². The molecule has 0 amide bonds. The molecule has 0 bridgehead atoms. The molecule has 0 heterocycles. The van der Waals surface area contributed by atoms with Crippen molar-refractivity contribution in [1.82, 2.24) is 0 Å². The van der Waals surface area contributed by atoms with Crippen molar-refractivity contribution in [3.8, 4) is 5.75 Å². The Morgan fingerprint density at radius 2 is 1.48 bits per heavy atom. The van der Waals surface area contributed by atoms with E-state index in [-0.39, 0.29) is 18.0 Å². The van der Waals surface area contributed by atoms with Gasteiger partial charge >= 0.3 is 0 Å². The van der Waals surface area contributed by atoms with E-state index in [1.54, 1.807) is 12.1 Å². The van der Waals surface area contributed by atoms with Gasteiger partial charge in [0.25, 0.3) is 0 Å². The highest BCUT2D eigenvalue weighted by Crippen LogP contribution is 2.25. The Kier molecular flexibility index (Phi) is 6.23. The lowest BCUT2D eigenvalue weighted by molar-refractivity contribution is -0.737. The van der Waals surface area contributed by atoms with Gasteiger partial charge in [0.15, 0.2) is 0 Å². The molecule has 2 nitrogen and oxygen atoms in total. The minimum absolute atomic E-state index is 0.150. The Hall–Kier alpha value is -1.87. The fraction of sp³-hybridized carbons (Fsp3) is 0.455. The molecule has 0 aliphatic rings. The van der Waals surface area contributed by atoms with E-state index in [0.717, 1.165) is 24.3 Å². The summed E-state index contributed by atoms with van der Waals surface area (Å²) in [6.07, 6.45) is 1.12. The summed E-state index contributed by atoms with van der Waals surface area (Å²) >= 11 is 0. The summed E-state index contributed by atoms with van der Waals surface area (Å²) < 4.78 is 19.7. The van der Waals surface area contributed by atoms with Crippen LogP contribution in [0.25, 0.3) is 0 Å². The van der Waals surface area contributed by atoms with Crippen LogP contribution in [0.2, 0.25) is 0 Å². The Morgan fingerprint density at radius 3 is 2.12 bits per heavy atom. The van der Waals surface area contributed by atoms with Crippen molar-refractivity contribution in [2.75, 3.05) is 0 Å². The van der Waals surface area contributed by atoms with Gasteiger partial charge in [-0.1, -0.05) is 51.1 Å². The van der Waals surface area contributed by atoms with E-state index in [1.807, 2.05) is 24.3 Å². The third kappa shape index (κ3) is 6.50. The van der Waals surface area contributed by atoms with E-state index in [0.29, 0.717) is 11.0 Å². The van der Waals surface area contributed by atoms with Crippen LogP contribution in [-0.2, 0) is 13.2 Å². The summed E-state index contributed by atoms with van der Waals surface area (Å²) in [5.74, 6) is 0.603. The Morgan fingerprint density at radius 1 is 0.880 bits per heavy atom. The van der Waals surface area contributed by atoms with Crippen LogP contribution >= 0.6 is 0 Å². The highest BCUT2D eigenvalue weighted by Gasteiger charge is 2.28. The number of hydrogen-bond acceptors (Lipinski definition) is 1. The van der Waals surface area contributed by atoms with Gasteiger partial charge in [-0.05, 0) is 37.5 Å². The maximum Gasteiger partial charge on any atom is 0.129 e. The average molecular weight is 344 g/mol. The molecule has 2 aromatic carbocycles. The van der Waals surface area contributed by atoms with Crippen molar-refractivity contribution in [3.05, 3.63) is 65.5 Å². The predicted octanol–water partition coefficient (Wildman–Crippen LogP) is 4.68. The quantitative estimate of drug-likeness (QED) is 0.775. The largest absolute Gasteiger partial charge is 0.488 e. The number of nitrogens with two attached hydrogens (primary N) is 1. The zero-order valence-electron chi connectivity index (χ0n) is 16.1. The van der Waals surface area contributed by atoms with Gasteiger partial charge in [-0.2, -0.15) is 0 Å². The number of para-hydroxylation sites is 1. The van der Waals surface area contributed by atoms with E-state index in [9.17, 15) is 4.39 Å². The Bertz CT molecular complexity index is 688. The maximum absolute atomic E-state index is 13.8. The molecule has 2 rings (SSSR count). The Balaban J connectivity index is 2.02. The maximum atomic E-state index is 13.8. The SMILES string of the molecule is CC(C)(C)CC(C)(C)[NH2+]Cc1ccccc1OCc1ccccc1F. The molecule has 0 aliphatic carbocycles. The van der Waals surface area contributed by atoms with Gasteiger partial charge in [-0.25, -0.2) is 4.39 Å². The van der Waals surface area contributed by atoms with Crippen molar-refractivity contribution in [2.45, 2.75) is 59.7 Å². The van der Waals surface area contributed by atoms with E-state index < -0.39 is 0 Å². The first-order chi connectivity index (χ1) is 11.7. The average Bonchev–Trinajstić information content (AvgIpc) is 2.51. The van der Waals surface area contributed by atoms with E-state index in [2.05, 4.69) is 46.0 Å². The number of ether oxygens (including phenoxy) is 1. The van der Waals surface area contributed by atoms with E-state index >= 15 is 0 Å². The second-order valence-electron chi connectivity index (χ2n) is 8.62. The molecule has 0 saturated heterocycles. The van der Waals surface area contributed by atoms with Gasteiger partial charge in [0, 0.05) is 17.5 Å². The molecule has 0 radical (unpaired) electrons. The highest BCUT2D eigenvalue weighted by molar-refractivity contribution is 5.33. The minimum atomic E-state index is -0.224. The van der Waals surface area contributed by atoms with Crippen molar-refractivity contribution in [3.63, 3.8) is 0 Å². The van der Waals surface area contributed by atoms with Gasteiger partial charge in [0.05, 0.1) is 5.54 Å². The minimum Gasteiger partial charge on any atom is -0.488 e. The summed E-state index contributed by atoms with van der Waals surface area (Å²) in [4.78, 5) is 0. The van der Waals surface area contributed by atoms with E-state index in [1.165, 1.54) is 6.07 Å². The zero-order valence-corrected chi connectivity index (χ0v) is 16.1. The Labute approximate surface area is 151 Å². The van der Waals surface area contributed by atoms with Crippen LogP contribution in [0.5, 0.6) is 5.75 Å². The monoisotopic (exact) mass is 344 g/mol. The fourth-order valence-corrected chi connectivity index (χ4v) is 3.41. The van der Waals surface area contributed by atoms with Crippen molar-refractivity contribution >= 4 is 0 Å². The van der Waals surface area contributed by atoms with Gasteiger partial charge in [0.2, 0.25) is 0 Å². The molecule has 0 fully saturated rings. The first-order valence-electron chi connectivity index (χ1n) is 8.95. The molecule has 0 atom stereocenters. The normalized spacial score (nSPS) is 12.2. The molecular formula is C22H31FNO+. The number of halogens is 1. The molecule has 0 aromatic heterocycles. The van der Waals surface area contributed by atoms with Crippen molar-refractivity contribution < 1.29 is 14.4 Å². The summed E-state index contributed by atoms with van der Waals surface area (Å²) in [7, 11) is 0. The molecule has 0 saturated carbocycles. The van der Waals surface area contributed by atoms with Gasteiger partial charge < -0.3 is 10.1 Å². The second kappa shape index (κ2) is 8.01. The lowest BCUT2D eigenvalue weighted by atomic mass is 9.82. The summed E-state index contributed by atoms with van der Waals surface area (Å²) in [5, 5.41) is 2.36. The van der Waals surface area contributed by atoms with Crippen LogP contribution in [0.15, 0.2) is 48.5 Å². The zero-order chi connectivity index (χ0) is 18.5. The third-order valence-electron chi connectivity index (χ3n) is 4.17. The molecule has 0 spiro atoms. The van der Waals surface area contributed by atoms with Crippen LogP contribution in [0.1, 0.15) is 52.2 Å². The lowest BCUT2D eigenvalue weighted by Crippen LogP contribution is -2.94. The molecule has 136 valence electrons. The molecule has 25 heavy (non-hydrogen) atoms. The van der Waals surface area contributed by atoms with Gasteiger partial charge in [-0.3, -0.25) is 0 Å². The first-order valence-corrected chi connectivity index (χ1v) is 8.95. The molecule has 2 aromatic rings. The topological polar surface area (TPSA) is 25.8 Å². The smallest absolute Gasteiger partial charge is 0.129 e. The summed E-state index contributed by atoms with van der Waals surface area (Å²) in [5.41, 5.74) is 2.16. The molecule has 0 unspecified atom stereocenters. The van der Waals surface area contributed by atoms with E-state index in [4.69, 9.17) is 4.74 Å². The number of quaternary nitrogens is 1. The van der Waals surface area contributed by atoms with Crippen LogP contribution in [0.3, 0.4) is 0 Å². The lowest BCUT2D eigenvalue weighted by Gasteiger charge is -2.30. The molecular weight excluding hydrogens is 313 g/mol. The highest BCUT2D eigenvalue weighted by atomic mass is 19.1. The predicted molar refractivity (Wildman–Crippen MR) is 101 cm³/mol. The third-order valence-corrected chi connectivity index (χ3v) is 4.17. The first kappa shape index (κ1) is 19.5. The van der Waals surface area contributed by atoms with Crippen LogP contribution in [0, 0.1) is 11.2 Å². The molecule has 3 heteroatoms. The van der Waals surface area contributed by atoms with Gasteiger partial charge in [-0.15, -0.1) is 0 Å². The molecule has 0 aliphatic heterocycles. The summed E-state index contributed by atoms with van der Waals surface area (Å²) in [6.45, 7) is 12.5. The summed E-state index contributed by atoms with van der Waals surface area (Å²) in [6, 6.07) is 14.8. The van der Waals surface area contributed by atoms with Crippen molar-refractivity contribution in [1.29, 1.82) is 0 Å². The van der Waals surface area contributed by atoms with Crippen molar-refractivity contribution in [2.24, 2.45) is 5.41 Å². The molecule has 2 N–H and O–H groups in total. The van der Waals surface area contributed by atoms with Crippen LogP contribution in [-0.4, -0.2) is 5.54 Å². The second-order valence-corrected chi connectivity index (χ2v) is 8.62. The standard InChI is InChI=1S/C22H30FNO/c1-21(2,3)16-22(4,5)24-14-17-10-7-9-13-20(17)25-15-18-11-6-8-12-19(18)23/h6-13,24H,14-16H2,1-5H3/p+1. The van der Waals surface area contributed by atoms with Crippen LogP contribution in [0.4, 0.5) is 4.39 Å². The number of benzene rings is 2. The number of hydrogen-bond donors (Lipinski definition) is 1. The fourth-order valence-electron chi connectivity index (χ4n) is 3.41. The number of rotatable bonds is 7.